The first-order valence-corrected chi connectivity index (χ1v) is 8.60. The summed E-state index contributed by atoms with van der Waals surface area (Å²) in [5.41, 5.74) is 0.641. The van der Waals surface area contributed by atoms with E-state index in [0.29, 0.717) is 15.6 Å². The van der Waals surface area contributed by atoms with Gasteiger partial charge in [-0.05, 0) is 29.8 Å². The standard InChI is InChI=1S/C18H13FN2O5S/c19-13-3-1-11(2-4-13)9-20-17(22)10-26-18(23)16-8-12-7-14(21(24)25)5-6-15(12)27-16/h1-8H,9-10H2,(H,20,22). The molecule has 0 saturated heterocycles. The maximum absolute atomic E-state index is 12.8. The van der Waals surface area contributed by atoms with Crippen LogP contribution < -0.4 is 5.32 Å². The summed E-state index contributed by atoms with van der Waals surface area (Å²) in [6.07, 6.45) is 0. The van der Waals surface area contributed by atoms with E-state index in [1.165, 1.54) is 42.5 Å². The van der Waals surface area contributed by atoms with Gasteiger partial charge in [-0.1, -0.05) is 12.1 Å². The van der Waals surface area contributed by atoms with Crippen LogP contribution in [-0.2, 0) is 16.1 Å². The monoisotopic (exact) mass is 388 g/mol. The summed E-state index contributed by atoms with van der Waals surface area (Å²) in [6, 6.07) is 11.4. The van der Waals surface area contributed by atoms with Gasteiger partial charge in [-0.2, -0.15) is 0 Å². The number of nitrogens with one attached hydrogen (secondary N) is 1. The van der Waals surface area contributed by atoms with Crippen LogP contribution in [0.5, 0.6) is 0 Å². The molecule has 1 N–H and O–H groups in total. The van der Waals surface area contributed by atoms with Gasteiger partial charge in [0.15, 0.2) is 6.61 Å². The molecule has 27 heavy (non-hydrogen) atoms. The number of rotatable bonds is 6. The minimum Gasteiger partial charge on any atom is -0.451 e. The van der Waals surface area contributed by atoms with E-state index in [1.54, 1.807) is 6.07 Å². The second-order valence-electron chi connectivity index (χ2n) is 5.57. The molecule has 9 heteroatoms. The molecule has 0 aliphatic rings. The predicted octanol–water partition coefficient (Wildman–Crippen LogP) is 3.42. The van der Waals surface area contributed by atoms with Gasteiger partial charge in [0, 0.05) is 28.8 Å². The maximum Gasteiger partial charge on any atom is 0.348 e. The molecular formula is C18H13FN2O5S. The van der Waals surface area contributed by atoms with E-state index in [0.717, 1.165) is 11.3 Å². The van der Waals surface area contributed by atoms with Crippen molar-refractivity contribution in [2.45, 2.75) is 6.54 Å². The van der Waals surface area contributed by atoms with Crippen molar-refractivity contribution in [1.82, 2.24) is 5.32 Å². The number of carbonyl (C=O) groups is 2. The molecule has 0 unspecified atom stereocenters. The van der Waals surface area contributed by atoms with Crippen LogP contribution in [0.3, 0.4) is 0 Å². The number of non-ortho nitro benzene ring substituents is 1. The minimum atomic E-state index is -0.684. The summed E-state index contributed by atoms with van der Waals surface area (Å²) in [6.45, 7) is -0.280. The largest absolute Gasteiger partial charge is 0.451 e. The van der Waals surface area contributed by atoms with Gasteiger partial charge in [-0.3, -0.25) is 14.9 Å². The van der Waals surface area contributed by atoms with Crippen LogP contribution >= 0.6 is 11.3 Å². The lowest BCUT2D eigenvalue weighted by Crippen LogP contribution is -2.28. The fourth-order valence-corrected chi connectivity index (χ4v) is 3.24. The summed E-state index contributed by atoms with van der Waals surface area (Å²) in [7, 11) is 0. The molecule has 0 aliphatic heterocycles. The third-order valence-corrected chi connectivity index (χ3v) is 4.75. The highest BCUT2D eigenvalue weighted by Crippen LogP contribution is 2.29. The normalized spacial score (nSPS) is 10.6. The highest BCUT2D eigenvalue weighted by atomic mass is 32.1. The Morgan fingerprint density at radius 3 is 2.59 bits per heavy atom. The van der Waals surface area contributed by atoms with E-state index in [-0.39, 0.29) is 22.9 Å². The van der Waals surface area contributed by atoms with Crippen molar-refractivity contribution < 1.29 is 23.6 Å². The van der Waals surface area contributed by atoms with Crippen LogP contribution in [-0.4, -0.2) is 23.4 Å². The Morgan fingerprint density at radius 2 is 1.89 bits per heavy atom. The van der Waals surface area contributed by atoms with E-state index < -0.39 is 23.4 Å². The molecule has 1 amide bonds. The van der Waals surface area contributed by atoms with Crippen molar-refractivity contribution in [3.8, 4) is 0 Å². The fraction of sp³-hybridized carbons (Fsp3) is 0.111. The van der Waals surface area contributed by atoms with Crippen molar-refractivity contribution in [1.29, 1.82) is 0 Å². The van der Waals surface area contributed by atoms with E-state index >= 15 is 0 Å². The molecule has 0 atom stereocenters. The van der Waals surface area contributed by atoms with E-state index in [9.17, 15) is 24.1 Å². The molecule has 1 aromatic heterocycles. The van der Waals surface area contributed by atoms with E-state index in [4.69, 9.17) is 4.74 Å². The van der Waals surface area contributed by atoms with Gasteiger partial charge in [-0.15, -0.1) is 11.3 Å². The SMILES string of the molecule is O=C(COC(=O)c1cc2cc([N+](=O)[O-])ccc2s1)NCc1ccc(F)cc1. The molecule has 3 aromatic rings. The van der Waals surface area contributed by atoms with Gasteiger partial charge < -0.3 is 10.1 Å². The van der Waals surface area contributed by atoms with Gasteiger partial charge in [0.1, 0.15) is 10.7 Å². The fourth-order valence-electron chi connectivity index (χ4n) is 2.30. The maximum atomic E-state index is 12.8. The second-order valence-corrected chi connectivity index (χ2v) is 6.65. The van der Waals surface area contributed by atoms with Crippen molar-refractivity contribution in [3.05, 3.63) is 74.9 Å². The lowest BCUT2D eigenvalue weighted by Gasteiger charge is -2.06. The third-order valence-electron chi connectivity index (χ3n) is 3.65. The topological polar surface area (TPSA) is 98.5 Å². The number of ether oxygens (including phenoxy) is 1. The Morgan fingerprint density at radius 1 is 1.15 bits per heavy atom. The van der Waals surface area contributed by atoms with E-state index in [1.807, 2.05) is 0 Å². The van der Waals surface area contributed by atoms with Crippen molar-refractivity contribution in [2.24, 2.45) is 0 Å². The number of nitro benzene ring substituents is 1. The molecule has 0 aliphatic carbocycles. The Hall–Kier alpha value is -3.33. The Kier molecular flexibility index (Phi) is 5.41. The molecule has 1 heterocycles. The summed E-state index contributed by atoms with van der Waals surface area (Å²) < 4.78 is 18.5. The number of nitro groups is 1. The van der Waals surface area contributed by atoms with Gasteiger partial charge in [0.2, 0.25) is 0 Å². The quantitative estimate of drug-likeness (QED) is 0.396. The Labute approximate surface area is 156 Å². The number of carbonyl (C=O) groups excluding carboxylic acids is 2. The smallest absolute Gasteiger partial charge is 0.348 e. The van der Waals surface area contributed by atoms with Crippen LogP contribution in [0, 0.1) is 15.9 Å². The molecule has 7 nitrogen and oxygen atoms in total. The first kappa shape index (κ1) is 18.5. The van der Waals surface area contributed by atoms with Crippen LogP contribution in [0.1, 0.15) is 15.2 Å². The van der Waals surface area contributed by atoms with Gasteiger partial charge in [0.05, 0.1) is 4.92 Å². The van der Waals surface area contributed by atoms with Crippen LogP contribution in [0.15, 0.2) is 48.5 Å². The molecule has 3 rings (SSSR count). The molecule has 2 aromatic carbocycles. The van der Waals surface area contributed by atoms with Crippen LogP contribution in [0.2, 0.25) is 0 Å². The van der Waals surface area contributed by atoms with Crippen LogP contribution in [0.25, 0.3) is 10.1 Å². The first-order chi connectivity index (χ1) is 12.9. The number of nitrogens with zero attached hydrogens (tertiary/aromatic N) is 1. The van der Waals surface area contributed by atoms with Gasteiger partial charge >= 0.3 is 5.97 Å². The minimum absolute atomic E-state index is 0.0691. The Bertz CT molecular complexity index is 1020. The number of esters is 1. The third kappa shape index (κ3) is 4.64. The first-order valence-electron chi connectivity index (χ1n) is 7.78. The number of hydrogen-bond acceptors (Lipinski definition) is 6. The number of thiophene rings is 1. The molecule has 0 saturated carbocycles. The number of fused-ring (bicyclic) bond motifs is 1. The second kappa shape index (κ2) is 7.92. The van der Waals surface area contributed by atoms with Gasteiger partial charge in [-0.25, -0.2) is 9.18 Å². The zero-order valence-corrected chi connectivity index (χ0v) is 14.6. The van der Waals surface area contributed by atoms with Crippen LogP contribution in [0.4, 0.5) is 10.1 Å². The highest BCUT2D eigenvalue weighted by Gasteiger charge is 2.15. The highest BCUT2D eigenvalue weighted by molar-refractivity contribution is 7.20. The lowest BCUT2D eigenvalue weighted by molar-refractivity contribution is -0.384. The molecule has 0 spiro atoms. The number of halogens is 1. The summed E-state index contributed by atoms with van der Waals surface area (Å²) >= 11 is 1.12. The zero-order valence-electron chi connectivity index (χ0n) is 13.8. The average molecular weight is 388 g/mol. The van der Waals surface area contributed by atoms with Crippen molar-refractivity contribution in [3.63, 3.8) is 0 Å². The molecular weight excluding hydrogens is 375 g/mol. The molecule has 0 fully saturated rings. The summed E-state index contributed by atoms with van der Waals surface area (Å²) in [5.74, 6) is -1.55. The number of benzene rings is 2. The van der Waals surface area contributed by atoms with Crippen molar-refractivity contribution in [2.75, 3.05) is 6.61 Å². The number of hydrogen-bond donors (Lipinski definition) is 1. The zero-order chi connectivity index (χ0) is 19.4. The molecule has 138 valence electrons. The average Bonchev–Trinajstić information content (AvgIpc) is 3.09. The lowest BCUT2D eigenvalue weighted by atomic mass is 10.2. The van der Waals surface area contributed by atoms with Crippen molar-refractivity contribution >= 4 is 39.0 Å². The molecule has 0 radical (unpaired) electrons. The van der Waals surface area contributed by atoms with Gasteiger partial charge in [0.25, 0.3) is 11.6 Å². The predicted molar refractivity (Wildman–Crippen MR) is 97.0 cm³/mol. The molecule has 0 bridgehead atoms. The summed E-state index contributed by atoms with van der Waals surface area (Å²) in [5, 5.41) is 13.9. The summed E-state index contributed by atoms with van der Waals surface area (Å²) in [4.78, 5) is 34.4. The Balaban J connectivity index is 1.55. The number of amides is 1. The van der Waals surface area contributed by atoms with E-state index in [2.05, 4.69) is 5.32 Å².